The predicted molar refractivity (Wildman–Crippen MR) is 115 cm³/mol. The van der Waals surface area contributed by atoms with Crippen molar-refractivity contribution in [1.82, 2.24) is 10.2 Å². The number of carbonyl (C=O) groups is 3. The number of imide groups is 1. The molecule has 1 aliphatic heterocycles. The largest absolute Gasteiger partial charge is 0.494 e. The number of anilines is 2. The van der Waals surface area contributed by atoms with Crippen LogP contribution in [0.4, 0.5) is 16.2 Å². The number of hydrogen-bond donors (Lipinski definition) is 3. The highest BCUT2D eigenvalue weighted by Crippen LogP contribution is 2.37. The normalized spacial score (nSPS) is 23.6. The molecular formula is C20H28N4O6S. The summed E-state index contributed by atoms with van der Waals surface area (Å²) in [4.78, 5) is 38.8. The molecule has 2 aliphatic rings. The van der Waals surface area contributed by atoms with Crippen molar-refractivity contribution in [2.75, 3.05) is 29.9 Å². The third-order valence-corrected chi connectivity index (χ3v) is 6.46. The first kappa shape index (κ1) is 22.9. The van der Waals surface area contributed by atoms with Gasteiger partial charge >= 0.3 is 6.03 Å². The highest BCUT2D eigenvalue weighted by atomic mass is 32.2. The Morgan fingerprint density at radius 1 is 1.29 bits per heavy atom. The molecule has 1 aliphatic carbocycles. The van der Waals surface area contributed by atoms with Gasteiger partial charge in [-0.25, -0.2) is 13.2 Å². The van der Waals surface area contributed by atoms with Crippen LogP contribution in [0.1, 0.15) is 39.0 Å². The van der Waals surface area contributed by atoms with Crippen molar-refractivity contribution in [1.29, 1.82) is 0 Å². The quantitative estimate of drug-likeness (QED) is 0.541. The Labute approximate surface area is 181 Å². The van der Waals surface area contributed by atoms with Gasteiger partial charge in [0.15, 0.2) is 0 Å². The van der Waals surface area contributed by atoms with Gasteiger partial charge in [0.2, 0.25) is 15.9 Å². The number of hydrogen-bond acceptors (Lipinski definition) is 6. The third-order valence-electron chi connectivity index (χ3n) is 5.86. The lowest BCUT2D eigenvalue weighted by Gasteiger charge is -2.34. The van der Waals surface area contributed by atoms with Crippen molar-refractivity contribution in [3.8, 4) is 5.75 Å². The van der Waals surface area contributed by atoms with Crippen LogP contribution in [-0.2, 0) is 19.6 Å². The van der Waals surface area contributed by atoms with Crippen molar-refractivity contribution in [2.45, 2.75) is 44.6 Å². The number of nitrogens with zero attached hydrogens (tertiary/aromatic N) is 1. The van der Waals surface area contributed by atoms with E-state index in [1.165, 1.54) is 25.3 Å². The fourth-order valence-electron chi connectivity index (χ4n) is 4.13. The number of benzene rings is 1. The van der Waals surface area contributed by atoms with Crippen LogP contribution < -0.4 is 20.1 Å². The molecule has 1 spiro atoms. The maximum Gasteiger partial charge on any atom is 0.325 e. The first-order valence-electron chi connectivity index (χ1n) is 10.2. The van der Waals surface area contributed by atoms with E-state index in [4.69, 9.17) is 4.74 Å². The van der Waals surface area contributed by atoms with Crippen LogP contribution in [0.2, 0.25) is 0 Å². The van der Waals surface area contributed by atoms with Crippen molar-refractivity contribution in [3.05, 3.63) is 18.2 Å². The second-order valence-electron chi connectivity index (χ2n) is 8.09. The Hall–Kier alpha value is -2.82. The van der Waals surface area contributed by atoms with Gasteiger partial charge in [-0.05, 0) is 43.7 Å². The number of carbonyl (C=O) groups excluding carboxylic acids is 3. The van der Waals surface area contributed by atoms with Crippen molar-refractivity contribution in [3.63, 3.8) is 0 Å². The van der Waals surface area contributed by atoms with E-state index in [0.717, 1.165) is 30.4 Å². The topological polar surface area (TPSA) is 134 Å². The van der Waals surface area contributed by atoms with Crippen LogP contribution in [0, 0.1) is 5.92 Å². The first-order valence-corrected chi connectivity index (χ1v) is 12.1. The molecule has 1 aromatic carbocycles. The number of rotatable bonds is 7. The molecule has 10 nitrogen and oxygen atoms in total. The van der Waals surface area contributed by atoms with E-state index in [0.29, 0.717) is 24.4 Å². The minimum atomic E-state index is -3.50. The zero-order valence-corrected chi connectivity index (χ0v) is 18.7. The second kappa shape index (κ2) is 8.74. The average molecular weight is 453 g/mol. The smallest absolute Gasteiger partial charge is 0.325 e. The van der Waals surface area contributed by atoms with E-state index < -0.39 is 34.0 Å². The molecule has 0 atom stereocenters. The Bertz CT molecular complexity index is 985. The standard InChI is InChI=1S/C20H28N4O6S/c1-4-13-7-9-20(10-8-13)18(26)24(19(27)22-20)12-17(25)21-14-5-6-15(16(11-14)30-2)23-31(3,28)29/h5-6,11,13,23H,4,7-10,12H2,1-3H3,(H,21,25)(H,22,27). The zero-order valence-electron chi connectivity index (χ0n) is 17.9. The summed E-state index contributed by atoms with van der Waals surface area (Å²) in [5.74, 6) is -0.131. The van der Waals surface area contributed by atoms with Gasteiger partial charge in [-0.2, -0.15) is 0 Å². The summed E-state index contributed by atoms with van der Waals surface area (Å²) in [7, 11) is -2.13. The summed E-state index contributed by atoms with van der Waals surface area (Å²) < 4.78 is 30.4. The molecular weight excluding hydrogens is 424 g/mol. The average Bonchev–Trinajstić information content (AvgIpc) is 2.92. The SMILES string of the molecule is CCC1CCC2(CC1)NC(=O)N(CC(=O)Nc1ccc(NS(C)(=O)=O)c(OC)c1)C2=O. The summed E-state index contributed by atoms with van der Waals surface area (Å²) in [5.41, 5.74) is -0.335. The molecule has 11 heteroatoms. The Balaban J connectivity index is 1.65. The molecule has 3 rings (SSSR count). The monoisotopic (exact) mass is 452 g/mol. The molecule has 1 heterocycles. The van der Waals surface area contributed by atoms with Gasteiger partial charge < -0.3 is 15.4 Å². The fourth-order valence-corrected chi connectivity index (χ4v) is 4.70. The number of amides is 4. The van der Waals surface area contributed by atoms with Gasteiger partial charge in [0.25, 0.3) is 5.91 Å². The maximum absolute atomic E-state index is 12.9. The molecule has 2 fully saturated rings. The van der Waals surface area contributed by atoms with Gasteiger partial charge in [-0.1, -0.05) is 13.3 Å². The molecule has 0 aromatic heterocycles. The Morgan fingerprint density at radius 2 is 1.97 bits per heavy atom. The fraction of sp³-hybridized carbons (Fsp3) is 0.550. The van der Waals surface area contributed by atoms with Crippen LogP contribution >= 0.6 is 0 Å². The van der Waals surface area contributed by atoms with Gasteiger partial charge in [0.1, 0.15) is 17.8 Å². The molecule has 1 aromatic rings. The molecule has 1 saturated heterocycles. The predicted octanol–water partition coefficient (Wildman–Crippen LogP) is 1.90. The number of methoxy groups -OCH3 is 1. The number of nitrogens with one attached hydrogen (secondary N) is 3. The van der Waals surface area contributed by atoms with E-state index in [9.17, 15) is 22.8 Å². The lowest BCUT2D eigenvalue weighted by Crippen LogP contribution is -2.49. The van der Waals surface area contributed by atoms with Crippen molar-refractivity contribution < 1.29 is 27.5 Å². The van der Waals surface area contributed by atoms with Crippen molar-refractivity contribution >= 4 is 39.2 Å². The van der Waals surface area contributed by atoms with E-state index in [1.54, 1.807) is 0 Å². The lowest BCUT2D eigenvalue weighted by atomic mass is 9.75. The molecule has 0 radical (unpaired) electrons. The summed E-state index contributed by atoms with van der Waals surface area (Å²) >= 11 is 0. The third kappa shape index (κ3) is 5.09. The molecule has 0 unspecified atom stereocenters. The first-order chi connectivity index (χ1) is 14.6. The van der Waals surface area contributed by atoms with Gasteiger partial charge in [0, 0.05) is 11.8 Å². The molecule has 31 heavy (non-hydrogen) atoms. The number of ether oxygens (including phenoxy) is 1. The van der Waals surface area contributed by atoms with Gasteiger partial charge in [-0.3, -0.25) is 19.2 Å². The highest BCUT2D eigenvalue weighted by Gasteiger charge is 2.52. The number of sulfonamides is 1. The minimum Gasteiger partial charge on any atom is -0.494 e. The molecule has 3 N–H and O–H groups in total. The summed E-state index contributed by atoms with van der Waals surface area (Å²) in [6.45, 7) is 1.71. The van der Waals surface area contributed by atoms with E-state index >= 15 is 0 Å². The molecule has 0 bridgehead atoms. The minimum absolute atomic E-state index is 0.213. The Kier molecular flexibility index (Phi) is 6.44. The van der Waals surface area contributed by atoms with Crippen LogP contribution in [0.5, 0.6) is 5.75 Å². The molecule has 1 saturated carbocycles. The van der Waals surface area contributed by atoms with Crippen molar-refractivity contribution in [2.24, 2.45) is 5.92 Å². The second-order valence-corrected chi connectivity index (χ2v) is 9.84. The van der Waals surface area contributed by atoms with E-state index in [1.807, 2.05) is 0 Å². The zero-order chi connectivity index (χ0) is 22.8. The highest BCUT2D eigenvalue weighted by molar-refractivity contribution is 7.92. The van der Waals surface area contributed by atoms with Gasteiger partial charge in [0.05, 0.1) is 19.1 Å². The van der Waals surface area contributed by atoms with E-state index in [2.05, 4.69) is 22.3 Å². The number of urea groups is 1. The van der Waals surface area contributed by atoms with Crippen LogP contribution in [0.25, 0.3) is 0 Å². The Morgan fingerprint density at radius 3 is 2.55 bits per heavy atom. The van der Waals surface area contributed by atoms with E-state index in [-0.39, 0.29) is 17.3 Å². The van der Waals surface area contributed by atoms with Crippen LogP contribution in [0.3, 0.4) is 0 Å². The summed E-state index contributed by atoms with van der Waals surface area (Å²) in [6, 6.07) is 3.84. The molecule has 170 valence electrons. The molecule has 4 amide bonds. The summed E-state index contributed by atoms with van der Waals surface area (Å²) in [6.07, 6.45) is 4.97. The maximum atomic E-state index is 12.9. The summed E-state index contributed by atoms with van der Waals surface area (Å²) in [5, 5.41) is 5.41. The van der Waals surface area contributed by atoms with Crippen LogP contribution in [-0.4, -0.2) is 56.6 Å². The van der Waals surface area contributed by atoms with Gasteiger partial charge in [-0.15, -0.1) is 0 Å². The lowest BCUT2D eigenvalue weighted by molar-refractivity contribution is -0.135. The van der Waals surface area contributed by atoms with Crippen LogP contribution in [0.15, 0.2) is 18.2 Å².